The van der Waals surface area contributed by atoms with Crippen LogP contribution in [0.1, 0.15) is 0 Å². The third-order valence-corrected chi connectivity index (χ3v) is 12.1. The van der Waals surface area contributed by atoms with E-state index in [-0.39, 0.29) is 0 Å². The Morgan fingerprint density at radius 2 is 0.769 bits per heavy atom. The van der Waals surface area contributed by atoms with Crippen molar-refractivity contribution in [3.8, 4) is 17.2 Å². The Morgan fingerprint density at radius 3 is 1.33 bits per heavy atom. The van der Waals surface area contributed by atoms with Crippen molar-refractivity contribution in [3.05, 3.63) is 170 Å². The molecule has 4 nitrogen and oxygen atoms in total. The topological polar surface area (TPSA) is 27.7 Å². The molecule has 5 heteroatoms. The molecular weight excluding hydrogens is 653 g/mol. The molecule has 12 rings (SSSR count). The highest BCUT2D eigenvalue weighted by Crippen LogP contribution is 2.42. The minimum absolute atomic E-state index is 0.979. The van der Waals surface area contributed by atoms with Gasteiger partial charge in [-0.3, -0.25) is 4.57 Å². The SMILES string of the molecule is c1ccc2c(c1)sc1c(-n3c4ccccc4c4cc(-n5c6ccccc6c6cc(-n7c8ccccc8c8ccccc87)ccc65)ccc43)nccc12. The number of benzene rings is 7. The van der Waals surface area contributed by atoms with Crippen LogP contribution < -0.4 is 0 Å². The Labute approximate surface area is 301 Å². The number of thiophene rings is 1. The van der Waals surface area contributed by atoms with Gasteiger partial charge in [0.2, 0.25) is 0 Å². The normalized spacial score (nSPS) is 12.2. The summed E-state index contributed by atoms with van der Waals surface area (Å²) in [5.74, 6) is 0.979. The van der Waals surface area contributed by atoms with Crippen molar-refractivity contribution in [1.29, 1.82) is 0 Å². The minimum atomic E-state index is 0.979. The highest BCUT2D eigenvalue weighted by molar-refractivity contribution is 7.26. The van der Waals surface area contributed by atoms with Crippen LogP contribution in [0.2, 0.25) is 0 Å². The van der Waals surface area contributed by atoms with E-state index in [4.69, 9.17) is 4.98 Å². The summed E-state index contributed by atoms with van der Waals surface area (Å²) >= 11 is 1.82. The number of rotatable bonds is 3. The van der Waals surface area contributed by atoms with Crippen LogP contribution in [0.4, 0.5) is 0 Å². The summed E-state index contributed by atoms with van der Waals surface area (Å²) in [5.41, 5.74) is 9.42. The molecule has 0 aliphatic rings. The monoisotopic (exact) mass is 680 g/mol. The van der Waals surface area contributed by atoms with Crippen LogP contribution >= 0.6 is 11.3 Å². The Hall–Kier alpha value is -6.69. The summed E-state index contributed by atoms with van der Waals surface area (Å²) < 4.78 is 9.68. The first-order valence-corrected chi connectivity index (χ1v) is 18.5. The average molecular weight is 681 g/mol. The van der Waals surface area contributed by atoms with Crippen molar-refractivity contribution in [3.63, 3.8) is 0 Å². The van der Waals surface area contributed by atoms with Crippen LogP contribution in [0.5, 0.6) is 0 Å². The van der Waals surface area contributed by atoms with Crippen LogP contribution in [-0.2, 0) is 0 Å². The Balaban J connectivity index is 1.10. The zero-order valence-corrected chi connectivity index (χ0v) is 28.7. The molecule has 7 aromatic carbocycles. The maximum atomic E-state index is 5.03. The zero-order chi connectivity index (χ0) is 33.9. The Morgan fingerprint density at radius 1 is 0.346 bits per heavy atom. The van der Waals surface area contributed by atoms with Gasteiger partial charge in [0.05, 0.1) is 37.8 Å². The Kier molecular flexibility index (Phi) is 5.62. The molecule has 12 aromatic rings. The zero-order valence-electron chi connectivity index (χ0n) is 27.9. The molecular formula is C47H28N4S. The number of pyridine rings is 1. The second-order valence-corrected chi connectivity index (χ2v) is 14.6. The van der Waals surface area contributed by atoms with Crippen molar-refractivity contribution < 1.29 is 0 Å². The molecule has 0 atom stereocenters. The van der Waals surface area contributed by atoms with Gasteiger partial charge in [-0.05, 0) is 72.8 Å². The van der Waals surface area contributed by atoms with Crippen molar-refractivity contribution in [2.24, 2.45) is 0 Å². The van der Waals surface area contributed by atoms with E-state index in [9.17, 15) is 0 Å². The fourth-order valence-corrected chi connectivity index (χ4v) is 9.88. The highest BCUT2D eigenvalue weighted by atomic mass is 32.1. The molecule has 0 fully saturated rings. The second-order valence-electron chi connectivity index (χ2n) is 13.6. The molecule has 0 aliphatic carbocycles. The molecule has 0 saturated carbocycles. The lowest BCUT2D eigenvalue weighted by molar-refractivity contribution is 1.10. The molecule has 242 valence electrons. The van der Waals surface area contributed by atoms with Crippen LogP contribution in [-0.4, -0.2) is 18.7 Å². The van der Waals surface area contributed by atoms with E-state index < -0.39 is 0 Å². The lowest BCUT2D eigenvalue weighted by atomic mass is 10.1. The maximum absolute atomic E-state index is 5.03. The van der Waals surface area contributed by atoms with E-state index in [0.717, 1.165) is 28.2 Å². The van der Waals surface area contributed by atoms with Crippen LogP contribution in [0.15, 0.2) is 170 Å². The smallest absolute Gasteiger partial charge is 0.155 e. The van der Waals surface area contributed by atoms with E-state index in [1.54, 1.807) is 0 Å². The fourth-order valence-electron chi connectivity index (χ4n) is 8.70. The van der Waals surface area contributed by atoms with Gasteiger partial charge in [0.15, 0.2) is 5.82 Å². The number of hydrogen-bond donors (Lipinski definition) is 0. The van der Waals surface area contributed by atoms with E-state index in [2.05, 4.69) is 177 Å². The van der Waals surface area contributed by atoms with Gasteiger partial charge in [0, 0.05) is 65.4 Å². The maximum Gasteiger partial charge on any atom is 0.155 e. The first-order valence-electron chi connectivity index (χ1n) is 17.6. The van der Waals surface area contributed by atoms with Crippen molar-refractivity contribution in [2.75, 3.05) is 0 Å². The van der Waals surface area contributed by atoms with E-state index in [0.29, 0.717) is 0 Å². The minimum Gasteiger partial charge on any atom is -0.309 e. The standard InChI is InChI=1S/C47H28N4S/c1-6-16-39-31(11-1)32-12-2-7-17-40(32)49(39)29-21-23-43-37(27-29)33-13-3-8-18-41(33)50(43)30-22-24-44-38(28-30)34-14-4-9-19-42(34)51(44)47-46-36(25-26-48-47)35-15-5-10-20-45(35)52-46/h1-28H. The van der Waals surface area contributed by atoms with Gasteiger partial charge in [0.1, 0.15) is 0 Å². The molecule has 0 saturated heterocycles. The molecule has 0 N–H and O–H groups in total. The number of fused-ring (bicyclic) bond motifs is 12. The molecule has 0 spiro atoms. The molecule has 0 radical (unpaired) electrons. The van der Waals surface area contributed by atoms with Gasteiger partial charge < -0.3 is 9.13 Å². The third-order valence-electron chi connectivity index (χ3n) is 10.9. The van der Waals surface area contributed by atoms with Gasteiger partial charge in [-0.25, -0.2) is 4.98 Å². The van der Waals surface area contributed by atoms with Gasteiger partial charge in [-0.2, -0.15) is 0 Å². The van der Waals surface area contributed by atoms with E-state index >= 15 is 0 Å². The van der Waals surface area contributed by atoms with Crippen molar-refractivity contribution in [1.82, 2.24) is 18.7 Å². The summed E-state index contributed by atoms with van der Waals surface area (Å²) in [5, 5.41) is 9.97. The van der Waals surface area contributed by atoms with Gasteiger partial charge in [-0.15, -0.1) is 11.3 Å². The van der Waals surface area contributed by atoms with Gasteiger partial charge in [-0.1, -0.05) is 91.0 Å². The summed E-state index contributed by atoms with van der Waals surface area (Å²) in [4.78, 5) is 5.03. The highest BCUT2D eigenvalue weighted by Gasteiger charge is 2.20. The summed E-state index contributed by atoms with van der Waals surface area (Å²) in [6.07, 6.45) is 1.96. The van der Waals surface area contributed by atoms with Gasteiger partial charge in [0.25, 0.3) is 0 Å². The summed E-state index contributed by atoms with van der Waals surface area (Å²) in [6, 6.07) is 59.7. The Bertz CT molecular complexity index is 3370. The van der Waals surface area contributed by atoms with Crippen LogP contribution in [0.25, 0.3) is 103 Å². The first kappa shape index (κ1) is 28.1. The number of para-hydroxylation sites is 4. The molecule has 0 amide bonds. The lowest BCUT2D eigenvalue weighted by Crippen LogP contribution is -1.98. The number of nitrogens with zero attached hydrogens (tertiary/aromatic N) is 4. The summed E-state index contributed by atoms with van der Waals surface area (Å²) in [6.45, 7) is 0. The van der Waals surface area contributed by atoms with Crippen molar-refractivity contribution >= 4 is 96.9 Å². The predicted octanol–water partition coefficient (Wildman–Crippen LogP) is 12.7. The third kappa shape index (κ3) is 3.72. The van der Waals surface area contributed by atoms with Gasteiger partial charge >= 0.3 is 0 Å². The van der Waals surface area contributed by atoms with Crippen molar-refractivity contribution in [2.45, 2.75) is 0 Å². The predicted molar refractivity (Wildman–Crippen MR) is 220 cm³/mol. The molecule has 0 bridgehead atoms. The van der Waals surface area contributed by atoms with Crippen LogP contribution in [0.3, 0.4) is 0 Å². The molecule has 52 heavy (non-hydrogen) atoms. The largest absolute Gasteiger partial charge is 0.309 e. The average Bonchev–Trinajstić information content (AvgIpc) is 3.94. The lowest BCUT2D eigenvalue weighted by Gasteiger charge is -2.11. The first-order chi connectivity index (χ1) is 25.8. The molecule has 5 heterocycles. The van der Waals surface area contributed by atoms with E-state index in [1.165, 1.54) is 74.6 Å². The van der Waals surface area contributed by atoms with Crippen LogP contribution in [0, 0.1) is 0 Å². The second kappa shape index (κ2) is 10.4. The fraction of sp³-hybridized carbons (Fsp3) is 0. The summed E-state index contributed by atoms with van der Waals surface area (Å²) in [7, 11) is 0. The molecule has 5 aromatic heterocycles. The quantitative estimate of drug-likeness (QED) is 0.182. The van der Waals surface area contributed by atoms with E-state index in [1.807, 2.05) is 17.5 Å². The molecule has 0 unspecified atom stereocenters. The molecule has 0 aliphatic heterocycles. The number of aromatic nitrogens is 4. The number of hydrogen-bond acceptors (Lipinski definition) is 2.